The number of nitrogens with zero attached hydrogens (tertiary/aromatic N) is 1. The van der Waals surface area contributed by atoms with Gasteiger partial charge in [0, 0.05) is 18.4 Å². The topological polar surface area (TPSA) is 50.9 Å². The van der Waals surface area contributed by atoms with Gasteiger partial charge in [-0.1, -0.05) is 32.6 Å². The Hall–Kier alpha value is -0.930. The van der Waals surface area contributed by atoms with Crippen molar-refractivity contribution in [3.8, 4) is 0 Å². The first-order valence-corrected chi connectivity index (χ1v) is 6.16. The summed E-state index contributed by atoms with van der Waals surface area (Å²) in [5, 5.41) is 0. The molecule has 0 fully saturated rings. The van der Waals surface area contributed by atoms with Crippen LogP contribution in [0.5, 0.6) is 0 Å². The van der Waals surface area contributed by atoms with Gasteiger partial charge in [-0.15, -0.1) is 0 Å². The Balaban J connectivity index is 2.51. The molecule has 3 nitrogen and oxygen atoms in total. The van der Waals surface area contributed by atoms with Crippen LogP contribution in [0.15, 0.2) is 18.5 Å². The van der Waals surface area contributed by atoms with Crippen molar-refractivity contribution in [1.29, 1.82) is 0 Å². The number of rotatable bonds is 7. The normalized spacial score (nSPS) is 12.7. The third kappa shape index (κ3) is 3.91. The van der Waals surface area contributed by atoms with Gasteiger partial charge in [0.05, 0.1) is 0 Å². The molecule has 16 heavy (non-hydrogen) atoms. The maximum Gasteiger partial charge on any atom is 0.0463 e. The summed E-state index contributed by atoms with van der Waals surface area (Å²) in [6.45, 7) is 4.31. The highest BCUT2D eigenvalue weighted by Gasteiger charge is 2.11. The smallest absolute Gasteiger partial charge is 0.0463 e. The highest BCUT2D eigenvalue weighted by atomic mass is 15.2. The predicted octanol–water partition coefficient (Wildman–Crippen LogP) is 2.86. The van der Waals surface area contributed by atoms with Gasteiger partial charge in [-0.3, -0.25) is 16.3 Å². The molecule has 0 saturated carbocycles. The first-order valence-electron chi connectivity index (χ1n) is 6.16. The lowest BCUT2D eigenvalue weighted by Gasteiger charge is -2.17. The number of aromatic nitrogens is 1. The Morgan fingerprint density at radius 1 is 1.38 bits per heavy atom. The predicted molar refractivity (Wildman–Crippen MR) is 67.8 cm³/mol. The van der Waals surface area contributed by atoms with Crippen LogP contribution in [0.2, 0.25) is 0 Å². The molecule has 0 aromatic carbocycles. The maximum absolute atomic E-state index is 5.62. The van der Waals surface area contributed by atoms with Gasteiger partial charge < -0.3 is 0 Å². The van der Waals surface area contributed by atoms with Gasteiger partial charge in [0.25, 0.3) is 0 Å². The van der Waals surface area contributed by atoms with Crippen molar-refractivity contribution in [3.63, 3.8) is 0 Å². The zero-order valence-electron chi connectivity index (χ0n) is 10.4. The first kappa shape index (κ1) is 13.1. The highest BCUT2D eigenvalue weighted by molar-refractivity contribution is 5.25. The van der Waals surface area contributed by atoms with E-state index in [1.54, 1.807) is 0 Å². The van der Waals surface area contributed by atoms with E-state index in [0.717, 1.165) is 6.42 Å². The number of hydrazine groups is 1. The van der Waals surface area contributed by atoms with Crippen molar-refractivity contribution in [2.45, 2.75) is 52.0 Å². The van der Waals surface area contributed by atoms with Gasteiger partial charge in [-0.2, -0.15) is 0 Å². The molecule has 1 atom stereocenters. The maximum atomic E-state index is 5.62. The lowest BCUT2D eigenvalue weighted by Crippen LogP contribution is -2.28. The van der Waals surface area contributed by atoms with Crippen LogP contribution in [0.1, 0.15) is 56.2 Å². The second-order valence-electron chi connectivity index (χ2n) is 4.30. The minimum absolute atomic E-state index is 0.264. The third-order valence-corrected chi connectivity index (χ3v) is 2.99. The average Bonchev–Trinajstić information content (AvgIpc) is 2.31. The number of nitrogens with one attached hydrogen (secondary N) is 1. The molecule has 1 aromatic heterocycles. The molecular weight excluding hydrogens is 198 g/mol. The Bertz CT molecular complexity index is 299. The van der Waals surface area contributed by atoms with Crippen LogP contribution in [0.25, 0.3) is 0 Å². The number of hydrogen-bond donors (Lipinski definition) is 2. The van der Waals surface area contributed by atoms with E-state index in [-0.39, 0.29) is 6.04 Å². The molecule has 0 bridgehead atoms. The summed E-state index contributed by atoms with van der Waals surface area (Å²) < 4.78 is 0. The molecule has 0 saturated heterocycles. The standard InChI is InChI=1S/C13H23N3/c1-3-4-5-6-7-13(16-14)12-8-9-15-10-11(12)2/h8-10,13,16H,3-7,14H2,1-2H3. The molecule has 1 heterocycles. The van der Waals surface area contributed by atoms with Crippen LogP contribution in [0, 0.1) is 6.92 Å². The summed E-state index contributed by atoms with van der Waals surface area (Å²) in [5.41, 5.74) is 5.39. The van der Waals surface area contributed by atoms with E-state index in [4.69, 9.17) is 5.84 Å². The minimum atomic E-state index is 0.264. The highest BCUT2D eigenvalue weighted by Crippen LogP contribution is 2.21. The van der Waals surface area contributed by atoms with E-state index in [1.807, 2.05) is 12.4 Å². The second-order valence-corrected chi connectivity index (χ2v) is 4.30. The first-order chi connectivity index (χ1) is 7.79. The fraction of sp³-hybridized carbons (Fsp3) is 0.615. The number of aryl methyl sites for hydroxylation is 1. The molecule has 0 aliphatic heterocycles. The molecule has 0 spiro atoms. The van der Waals surface area contributed by atoms with Gasteiger partial charge in [0.15, 0.2) is 0 Å². The Labute approximate surface area is 98.4 Å². The summed E-state index contributed by atoms with van der Waals surface area (Å²) in [6.07, 6.45) is 9.93. The van der Waals surface area contributed by atoms with Crippen LogP contribution < -0.4 is 11.3 Å². The molecule has 1 unspecified atom stereocenters. The fourth-order valence-electron chi connectivity index (χ4n) is 1.98. The van der Waals surface area contributed by atoms with Crippen LogP contribution in [0.4, 0.5) is 0 Å². The van der Waals surface area contributed by atoms with E-state index in [0.29, 0.717) is 0 Å². The average molecular weight is 221 g/mol. The molecule has 0 aliphatic rings. The molecule has 3 heteroatoms. The van der Waals surface area contributed by atoms with Crippen molar-refractivity contribution >= 4 is 0 Å². The van der Waals surface area contributed by atoms with E-state index in [2.05, 4.69) is 30.3 Å². The van der Waals surface area contributed by atoms with E-state index >= 15 is 0 Å². The summed E-state index contributed by atoms with van der Waals surface area (Å²) in [5.74, 6) is 5.62. The fourth-order valence-corrected chi connectivity index (χ4v) is 1.98. The van der Waals surface area contributed by atoms with Gasteiger partial charge in [-0.05, 0) is 30.5 Å². The SMILES string of the molecule is CCCCCCC(NN)c1ccncc1C. The van der Waals surface area contributed by atoms with Crippen LogP contribution in [-0.2, 0) is 0 Å². The van der Waals surface area contributed by atoms with Crippen molar-refractivity contribution in [2.24, 2.45) is 5.84 Å². The van der Waals surface area contributed by atoms with Gasteiger partial charge in [0.2, 0.25) is 0 Å². The molecule has 90 valence electrons. The van der Waals surface area contributed by atoms with E-state index in [1.165, 1.54) is 36.8 Å². The lowest BCUT2D eigenvalue weighted by molar-refractivity contribution is 0.480. The number of pyridine rings is 1. The molecular formula is C13H23N3. The van der Waals surface area contributed by atoms with Crippen LogP contribution >= 0.6 is 0 Å². The number of unbranched alkanes of at least 4 members (excludes halogenated alkanes) is 3. The Kier molecular flexibility index (Phi) is 6.04. The monoisotopic (exact) mass is 221 g/mol. The van der Waals surface area contributed by atoms with Crippen molar-refractivity contribution in [2.75, 3.05) is 0 Å². The molecule has 0 aliphatic carbocycles. The number of hydrogen-bond acceptors (Lipinski definition) is 3. The molecule has 0 amide bonds. The van der Waals surface area contributed by atoms with Crippen molar-refractivity contribution in [3.05, 3.63) is 29.6 Å². The van der Waals surface area contributed by atoms with Crippen LogP contribution in [0.3, 0.4) is 0 Å². The largest absolute Gasteiger partial charge is 0.271 e. The molecule has 1 rings (SSSR count). The second kappa shape index (κ2) is 7.36. The Morgan fingerprint density at radius 3 is 2.81 bits per heavy atom. The minimum Gasteiger partial charge on any atom is -0.271 e. The summed E-state index contributed by atoms with van der Waals surface area (Å²) in [4.78, 5) is 4.10. The number of nitrogens with two attached hydrogens (primary N) is 1. The zero-order chi connectivity index (χ0) is 11.8. The third-order valence-electron chi connectivity index (χ3n) is 2.99. The summed E-state index contributed by atoms with van der Waals surface area (Å²) in [6, 6.07) is 2.32. The molecule has 0 radical (unpaired) electrons. The van der Waals surface area contributed by atoms with E-state index < -0.39 is 0 Å². The Morgan fingerprint density at radius 2 is 2.19 bits per heavy atom. The summed E-state index contributed by atoms with van der Waals surface area (Å²) >= 11 is 0. The van der Waals surface area contributed by atoms with Gasteiger partial charge in [-0.25, -0.2) is 0 Å². The lowest BCUT2D eigenvalue weighted by atomic mass is 9.98. The molecule has 1 aromatic rings. The zero-order valence-corrected chi connectivity index (χ0v) is 10.4. The molecule has 3 N–H and O–H groups in total. The van der Waals surface area contributed by atoms with Gasteiger partial charge in [0.1, 0.15) is 0 Å². The quantitative estimate of drug-likeness (QED) is 0.423. The van der Waals surface area contributed by atoms with Crippen molar-refractivity contribution in [1.82, 2.24) is 10.4 Å². The van der Waals surface area contributed by atoms with Crippen molar-refractivity contribution < 1.29 is 0 Å². The van der Waals surface area contributed by atoms with Crippen LogP contribution in [-0.4, -0.2) is 4.98 Å². The van der Waals surface area contributed by atoms with E-state index in [9.17, 15) is 0 Å². The van der Waals surface area contributed by atoms with Gasteiger partial charge >= 0.3 is 0 Å². The summed E-state index contributed by atoms with van der Waals surface area (Å²) in [7, 11) is 0.